The fourth-order valence-electron chi connectivity index (χ4n) is 2.72. The summed E-state index contributed by atoms with van der Waals surface area (Å²) in [6, 6.07) is 16.4. The molecule has 1 aliphatic heterocycles. The Balaban J connectivity index is 1.49. The SMILES string of the molecule is CCN1C=CN(c2ccc(Nc3nc4ccccc4[nH]3)cc2)C1. The predicted octanol–water partition coefficient (Wildman–Crippen LogP) is 3.88. The standard InChI is InChI=1S/C18H19N5/c1-2-22-11-12-23(13-22)15-9-7-14(8-10-15)19-18-20-16-5-3-4-6-17(16)21-18/h3-12H,2,13H2,1H3,(H2,19,20,21). The first-order valence-corrected chi connectivity index (χ1v) is 7.83. The summed E-state index contributed by atoms with van der Waals surface area (Å²) in [6.45, 7) is 4.10. The summed E-state index contributed by atoms with van der Waals surface area (Å²) in [5.74, 6) is 0.761. The quantitative estimate of drug-likeness (QED) is 0.768. The van der Waals surface area contributed by atoms with Crippen molar-refractivity contribution in [2.45, 2.75) is 6.92 Å². The van der Waals surface area contributed by atoms with Crippen LogP contribution in [-0.4, -0.2) is 28.1 Å². The molecule has 5 nitrogen and oxygen atoms in total. The van der Waals surface area contributed by atoms with Crippen LogP contribution in [0, 0.1) is 0 Å². The zero-order valence-corrected chi connectivity index (χ0v) is 13.0. The van der Waals surface area contributed by atoms with E-state index in [1.54, 1.807) is 0 Å². The number of para-hydroxylation sites is 2. The lowest BCUT2D eigenvalue weighted by Crippen LogP contribution is -2.24. The van der Waals surface area contributed by atoms with Gasteiger partial charge in [0.1, 0.15) is 0 Å². The monoisotopic (exact) mass is 305 g/mol. The molecule has 1 aromatic heterocycles. The van der Waals surface area contributed by atoms with Gasteiger partial charge in [0, 0.05) is 30.3 Å². The van der Waals surface area contributed by atoms with E-state index in [1.165, 1.54) is 5.69 Å². The molecule has 0 atom stereocenters. The van der Waals surface area contributed by atoms with Crippen molar-refractivity contribution in [3.8, 4) is 0 Å². The third kappa shape index (κ3) is 2.73. The van der Waals surface area contributed by atoms with Crippen LogP contribution in [0.5, 0.6) is 0 Å². The highest BCUT2D eigenvalue weighted by molar-refractivity contribution is 5.78. The number of nitrogens with one attached hydrogen (secondary N) is 2. The Morgan fingerprint density at radius 2 is 1.91 bits per heavy atom. The van der Waals surface area contributed by atoms with Gasteiger partial charge in [-0.2, -0.15) is 0 Å². The number of anilines is 3. The third-order valence-corrected chi connectivity index (χ3v) is 4.05. The molecule has 0 radical (unpaired) electrons. The molecule has 1 aliphatic rings. The van der Waals surface area contributed by atoms with Crippen LogP contribution >= 0.6 is 0 Å². The maximum absolute atomic E-state index is 4.53. The Morgan fingerprint density at radius 3 is 2.65 bits per heavy atom. The number of rotatable bonds is 4. The zero-order chi connectivity index (χ0) is 15.6. The fourth-order valence-corrected chi connectivity index (χ4v) is 2.72. The fraction of sp³-hybridized carbons (Fsp3) is 0.167. The van der Waals surface area contributed by atoms with Gasteiger partial charge in [-0.3, -0.25) is 0 Å². The van der Waals surface area contributed by atoms with E-state index in [0.29, 0.717) is 0 Å². The number of hydrogen-bond donors (Lipinski definition) is 2. The van der Waals surface area contributed by atoms with E-state index in [9.17, 15) is 0 Å². The summed E-state index contributed by atoms with van der Waals surface area (Å²) >= 11 is 0. The molecule has 0 spiro atoms. The van der Waals surface area contributed by atoms with Crippen molar-refractivity contribution in [1.29, 1.82) is 0 Å². The van der Waals surface area contributed by atoms with Crippen LogP contribution < -0.4 is 10.2 Å². The zero-order valence-electron chi connectivity index (χ0n) is 13.0. The molecular formula is C18H19N5. The minimum atomic E-state index is 0.761. The number of imidazole rings is 1. The normalized spacial score (nSPS) is 14.0. The number of aromatic nitrogens is 2. The van der Waals surface area contributed by atoms with Crippen molar-refractivity contribution >= 4 is 28.4 Å². The van der Waals surface area contributed by atoms with Gasteiger partial charge in [-0.05, 0) is 43.3 Å². The van der Waals surface area contributed by atoms with E-state index in [0.717, 1.165) is 35.9 Å². The molecule has 0 aliphatic carbocycles. The first kappa shape index (κ1) is 13.7. The Hall–Kier alpha value is -2.95. The second-order valence-corrected chi connectivity index (χ2v) is 5.59. The maximum atomic E-state index is 4.53. The average molecular weight is 305 g/mol. The van der Waals surface area contributed by atoms with Gasteiger partial charge in [-0.25, -0.2) is 4.98 Å². The van der Waals surface area contributed by atoms with Crippen LogP contribution in [0.25, 0.3) is 11.0 Å². The van der Waals surface area contributed by atoms with Crippen LogP contribution in [0.2, 0.25) is 0 Å². The first-order valence-electron chi connectivity index (χ1n) is 7.83. The van der Waals surface area contributed by atoms with Crippen molar-refractivity contribution in [3.63, 3.8) is 0 Å². The highest BCUT2D eigenvalue weighted by Gasteiger charge is 2.12. The number of nitrogens with zero attached hydrogens (tertiary/aromatic N) is 3. The largest absolute Gasteiger partial charge is 0.359 e. The van der Waals surface area contributed by atoms with Crippen LogP contribution in [-0.2, 0) is 0 Å². The van der Waals surface area contributed by atoms with E-state index in [4.69, 9.17) is 0 Å². The van der Waals surface area contributed by atoms with E-state index >= 15 is 0 Å². The molecule has 3 aromatic rings. The summed E-state index contributed by atoms with van der Waals surface area (Å²) in [4.78, 5) is 12.3. The minimum Gasteiger partial charge on any atom is -0.359 e. The molecule has 0 fully saturated rings. The molecular weight excluding hydrogens is 286 g/mol. The van der Waals surface area contributed by atoms with E-state index in [2.05, 4.69) is 68.7 Å². The van der Waals surface area contributed by atoms with E-state index in [1.807, 2.05) is 24.3 Å². The van der Waals surface area contributed by atoms with Crippen LogP contribution in [0.15, 0.2) is 60.9 Å². The van der Waals surface area contributed by atoms with Gasteiger partial charge in [-0.15, -0.1) is 0 Å². The molecule has 0 saturated heterocycles. The molecule has 4 rings (SSSR count). The highest BCUT2D eigenvalue weighted by Crippen LogP contribution is 2.23. The number of fused-ring (bicyclic) bond motifs is 1. The summed E-state index contributed by atoms with van der Waals surface area (Å²) < 4.78 is 0. The van der Waals surface area contributed by atoms with Gasteiger partial charge in [0.2, 0.25) is 5.95 Å². The summed E-state index contributed by atoms with van der Waals surface area (Å²) in [5, 5.41) is 3.32. The molecule has 116 valence electrons. The molecule has 0 unspecified atom stereocenters. The van der Waals surface area contributed by atoms with Crippen molar-refractivity contribution in [2.24, 2.45) is 0 Å². The molecule has 2 N–H and O–H groups in total. The topological polar surface area (TPSA) is 47.2 Å². The molecule has 5 heteroatoms. The Bertz CT molecular complexity index is 801. The first-order chi connectivity index (χ1) is 11.3. The third-order valence-electron chi connectivity index (χ3n) is 4.05. The van der Waals surface area contributed by atoms with Crippen molar-refractivity contribution in [1.82, 2.24) is 14.9 Å². The summed E-state index contributed by atoms with van der Waals surface area (Å²) in [6.07, 6.45) is 4.24. The summed E-state index contributed by atoms with van der Waals surface area (Å²) in [7, 11) is 0. The van der Waals surface area contributed by atoms with Crippen molar-refractivity contribution in [2.75, 3.05) is 23.4 Å². The van der Waals surface area contributed by atoms with Crippen LogP contribution in [0.1, 0.15) is 6.92 Å². The molecule has 2 heterocycles. The van der Waals surface area contributed by atoms with Gasteiger partial charge in [-0.1, -0.05) is 12.1 Å². The van der Waals surface area contributed by atoms with Gasteiger partial charge >= 0.3 is 0 Å². The minimum absolute atomic E-state index is 0.761. The van der Waals surface area contributed by atoms with E-state index < -0.39 is 0 Å². The molecule has 0 bridgehead atoms. The molecule has 23 heavy (non-hydrogen) atoms. The van der Waals surface area contributed by atoms with Crippen LogP contribution in [0.4, 0.5) is 17.3 Å². The van der Waals surface area contributed by atoms with Gasteiger partial charge in [0.05, 0.1) is 17.7 Å². The van der Waals surface area contributed by atoms with Gasteiger partial charge < -0.3 is 20.1 Å². The Kier molecular flexibility index (Phi) is 3.38. The number of benzene rings is 2. The Morgan fingerprint density at radius 1 is 1.09 bits per heavy atom. The van der Waals surface area contributed by atoms with Crippen LogP contribution in [0.3, 0.4) is 0 Å². The van der Waals surface area contributed by atoms with Gasteiger partial charge in [0.15, 0.2) is 0 Å². The lowest BCUT2D eigenvalue weighted by molar-refractivity contribution is 0.429. The Labute approximate surface area is 135 Å². The molecule has 2 aromatic carbocycles. The number of hydrogen-bond acceptors (Lipinski definition) is 4. The lowest BCUT2D eigenvalue weighted by Gasteiger charge is -2.20. The van der Waals surface area contributed by atoms with Crippen molar-refractivity contribution < 1.29 is 0 Å². The lowest BCUT2D eigenvalue weighted by atomic mass is 10.2. The van der Waals surface area contributed by atoms with Gasteiger partial charge in [0.25, 0.3) is 0 Å². The van der Waals surface area contributed by atoms with E-state index in [-0.39, 0.29) is 0 Å². The summed E-state index contributed by atoms with van der Waals surface area (Å²) in [5.41, 5.74) is 4.21. The van der Waals surface area contributed by atoms with Crippen molar-refractivity contribution in [3.05, 3.63) is 60.9 Å². The highest BCUT2D eigenvalue weighted by atomic mass is 15.3. The second-order valence-electron chi connectivity index (χ2n) is 5.59. The predicted molar refractivity (Wildman–Crippen MR) is 94.7 cm³/mol. The molecule has 0 saturated carbocycles. The molecule has 0 amide bonds. The maximum Gasteiger partial charge on any atom is 0.205 e. The average Bonchev–Trinajstić information content (AvgIpc) is 3.21. The smallest absolute Gasteiger partial charge is 0.205 e. The second kappa shape index (κ2) is 5.68. The number of H-pyrrole nitrogens is 1. The number of aromatic amines is 1.